The second-order valence-electron chi connectivity index (χ2n) is 7.43. The highest BCUT2D eigenvalue weighted by Gasteiger charge is 2.19. The van der Waals surface area contributed by atoms with Crippen molar-refractivity contribution in [3.63, 3.8) is 0 Å². The highest BCUT2D eigenvalue weighted by atomic mass is 19.1. The van der Waals surface area contributed by atoms with E-state index in [0.29, 0.717) is 24.7 Å². The SMILES string of the molecule is Cc1ccc(CNC(=O)Cn2nc(N3CCN(c4ccc(F)cc4)CC3)ccc2=O)o1. The number of furan rings is 1. The topological polar surface area (TPSA) is 83.6 Å². The van der Waals surface area contributed by atoms with E-state index in [9.17, 15) is 14.0 Å². The first kappa shape index (κ1) is 20.6. The van der Waals surface area contributed by atoms with E-state index in [1.165, 1.54) is 22.9 Å². The molecule has 0 atom stereocenters. The Morgan fingerprint density at radius 2 is 1.74 bits per heavy atom. The highest BCUT2D eigenvalue weighted by Crippen LogP contribution is 2.19. The summed E-state index contributed by atoms with van der Waals surface area (Å²) >= 11 is 0. The van der Waals surface area contributed by atoms with E-state index < -0.39 is 0 Å². The van der Waals surface area contributed by atoms with Gasteiger partial charge in [-0.05, 0) is 49.4 Å². The molecule has 9 heteroatoms. The zero-order chi connectivity index (χ0) is 21.8. The molecular formula is C22H24FN5O3. The van der Waals surface area contributed by atoms with Gasteiger partial charge in [-0.1, -0.05) is 0 Å². The summed E-state index contributed by atoms with van der Waals surface area (Å²) in [6.45, 7) is 4.82. The third kappa shape index (κ3) is 5.11. The molecule has 3 aromatic rings. The van der Waals surface area contributed by atoms with Crippen LogP contribution in [0.2, 0.25) is 0 Å². The predicted octanol–water partition coefficient (Wildman–Crippen LogP) is 1.93. The molecule has 1 fully saturated rings. The van der Waals surface area contributed by atoms with Crippen molar-refractivity contribution in [2.45, 2.75) is 20.0 Å². The van der Waals surface area contributed by atoms with E-state index in [2.05, 4.69) is 20.2 Å². The number of aromatic nitrogens is 2. The molecule has 0 aliphatic carbocycles. The van der Waals surface area contributed by atoms with Crippen LogP contribution in [0.1, 0.15) is 11.5 Å². The van der Waals surface area contributed by atoms with Crippen molar-refractivity contribution in [1.82, 2.24) is 15.1 Å². The van der Waals surface area contributed by atoms with Gasteiger partial charge in [-0.2, -0.15) is 5.10 Å². The largest absolute Gasteiger partial charge is 0.465 e. The highest BCUT2D eigenvalue weighted by molar-refractivity contribution is 5.75. The molecule has 0 bridgehead atoms. The lowest BCUT2D eigenvalue weighted by Crippen LogP contribution is -2.47. The van der Waals surface area contributed by atoms with E-state index in [-0.39, 0.29) is 30.4 Å². The van der Waals surface area contributed by atoms with Crippen LogP contribution in [-0.4, -0.2) is 41.9 Å². The van der Waals surface area contributed by atoms with Crippen LogP contribution in [0.5, 0.6) is 0 Å². The molecule has 1 aliphatic rings. The molecule has 4 rings (SSSR count). The van der Waals surface area contributed by atoms with Crippen molar-refractivity contribution < 1.29 is 13.6 Å². The molecule has 1 aliphatic heterocycles. The van der Waals surface area contributed by atoms with Gasteiger partial charge in [0, 0.05) is 37.9 Å². The van der Waals surface area contributed by atoms with Crippen molar-refractivity contribution in [3.8, 4) is 0 Å². The van der Waals surface area contributed by atoms with E-state index in [4.69, 9.17) is 4.42 Å². The molecule has 1 N–H and O–H groups in total. The number of aryl methyl sites for hydroxylation is 1. The summed E-state index contributed by atoms with van der Waals surface area (Å²) in [6.07, 6.45) is 0. The number of hydrogen-bond donors (Lipinski definition) is 1. The molecule has 3 heterocycles. The van der Waals surface area contributed by atoms with Crippen LogP contribution in [0.15, 0.2) is 57.7 Å². The lowest BCUT2D eigenvalue weighted by molar-refractivity contribution is -0.122. The van der Waals surface area contributed by atoms with E-state index in [1.807, 2.05) is 13.0 Å². The Morgan fingerprint density at radius 3 is 2.42 bits per heavy atom. The van der Waals surface area contributed by atoms with Crippen molar-refractivity contribution in [1.29, 1.82) is 0 Å². The Balaban J connectivity index is 1.35. The van der Waals surface area contributed by atoms with Crippen LogP contribution in [0.25, 0.3) is 0 Å². The average molecular weight is 425 g/mol. The number of halogens is 1. The summed E-state index contributed by atoms with van der Waals surface area (Å²) in [6, 6.07) is 13.2. The third-order valence-corrected chi connectivity index (χ3v) is 5.20. The van der Waals surface area contributed by atoms with Gasteiger partial charge in [0.25, 0.3) is 5.56 Å². The minimum atomic E-state index is -0.335. The van der Waals surface area contributed by atoms with Crippen LogP contribution in [0.4, 0.5) is 15.9 Å². The average Bonchev–Trinajstić information content (AvgIpc) is 3.20. The number of piperazine rings is 1. The molecule has 0 saturated carbocycles. The second-order valence-corrected chi connectivity index (χ2v) is 7.43. The number of nitrogens with one attached hydrogen (secondary N) is 1. The Labute approximate surface area is 178 Å². The molecule has 1 amide bonds. The summed E-state index contributed by atoms with van der Waals surface area (Å²) in [7, 11) is 0. The lowest BCUT2D eigenvalue weighted by Gasteiger charge is -2.36. The van der Waals surface area contributed by atoms with Crippen LogP contribution in [0.3, 0.4) is 0 Å². The maximum absolute atomic E-state index is 13.1. The number of carbonyl (C=O) groups excluding carboxylic acids is 1. The van der Waals surface area contributed by atoms with Crippen molar-refractivity contribution >= 4 is 17.4 Å². The van der Waals surface area contributed by atoms with E-state index >= 15 is 0 Å². The molecule has 8 nitrogen and oxygen atoms in total. The first-order valence-corrected chi connectivity index (χ1v) is 10.1. The fraction of sp³-hybridized carbons (Fsp3) is 0.318. The van der Waals surface area contributed by atoms with Gasteiger partial charge in [0.2, 0.25) is 5.91 Å². The van der Waals surface area contributed by atoms with Gasteiger partial charge in [-0.25, -0.2) is 9.07 Å². The molecule has 2 aromatic heterocycles. The number of carbonyl (C=O) groups is 1. The van der Waals surface area contributed by atoms with Crippen molar-refractivity contribution in [2.75, 3.05) is 36.0 Å². The monoisotopic (exact) mass is 425 g/mol. The normalized spacial score (nSPS) is 14.0. The number of benzene rings is 1. The zero-order valence-corrected chi connectivity index (χ0v) is 17.3. The molecule has 31 heavy (non-hydrogen) atoms. The molecule has 0 unspecified atom stereocenters. The van der Waals surface area contributed by atoms with Gasteiger partial charge < -0.3 is 19.5 Å². The summed E-state index contributed by atoms with van der Waals surface area (Å²) in [5.74, 6) is 1.50. The van der Waals surface area contributed by atoms with E-state index in [1.54, 1.807) is 24.3 Å². The van der Waals surface area contributed by atoms with E-state index in [0.717, 1.165) is 24.5 Å². The van der Waals surface area contributed by atoms with Gasteiger partial charge >= 0.3 is 0 Å². The smallest absolute Gasteiger partial charge is 0.267 e. The molecule has 1 saturated heterocycles. The minimum Gasteiger partial charge on any atom is -0.465 e. The van der Waals surface area contributed by atoms with Gasteiger partial charge in [-0.15, -0.1) is 0 Å². The maximum Gasteiger partial charge on any atom is 0.267 e. The zero-order valence-electron chi connectivity index (χ0n) is 17.3. The van der Waals surface area contributed by atoms with Crippen LogP contribution >= 0.6 is 0 Å². The number of nitrogens with zero attached hydrogens (tertiary/aromatic N) is 4. The standard InChI is InChI=1S/C22H24FN5O3/c1-16-2-7-19(31-16)14-24-21(29)15-28-22(30)9-8-20(25-28)27-12-10-26(11-13-27)18-5-3-17(23)4-6-18/h2-9H,10-15H2,1H3,(H,24,29). The summed E-state index contributed by atoms with van der Waals surface area (Å²) in [5, 5.41) is 7.12. The second kappa shape index (κ2) is 9.03. The first-order valence-electron chi connectivity index (χ1n) is 10.1. The van der Waals surface area contributed by atoms with Gasteiger partial charge in [0.1, 0.15) is 29.7 Å². The fourth-order valence-electron chi connectivity index (χ4n) is 3.52. The van der Waals surface area contributed by atoms with Crippen LogP contribution in [-0.2, 0) is 17.9 Å². The molecule has 0 radical (unpaired) electrons. The molecule has 162 valence electrons. The van der Waals surface area contributed by atoms with Gasteiger partial charge in [0.15, 0.2) is 0 Å². The first-order chi connectivity index (χ1) is 15.0. The number of rotatable bonds is 6. The minimum absolute atomic E-state index is 0.165. The summed E-state index contributed by atoms with van der Waals surface area (Å²) in [4.78, 5) is 28.7. The van der Waals surface area contributed by atoms with Gasteiger partial charge in [0.05, 0.1) is 6.54 Å². The van der Waals surface area contributed by atoms with Gasteiger partial charge in [-0.3, -0.25) is 9.59 Å². The number of amides is 1. The third-order valence-electron chi connectivity index (χ3n) is 5.20. The Kier molecular flexibility index (Phi) is 6.01. The molecule has 0 spiro atoms. The Hall–Kier alpha value is -3.62. The fourth-order valence-corrected chi connectivity index (χ4v) is 3.52. The lowest BCUT2D eigenvalue weighted by atomic mass is 10.2. The Bertz CT molecular complexity index is 1100. The Morgan fingerprint density at radius 1 is 1.03 bits per heavy atom. The van der Waals surface area contributed by atoms with Crippen LogP contribution in [0, 0.1) is 12.7 Å². The maximum atomic E-state index is 13.1. The molecular weight excluding hydrogens is 401 g/mol. The number of hydrogen-bond acceptors (Lipinski definition) is 6. The predicted molar refractivity (Wildman–Crippen MR) is 115 cm³/mol. The molecule has 1 aromatic carbocycles. The van der Waals surface area contributed by atoms with Crippen molar-refractivity contribution in [2.24, 2.45) is 0 Å². The van der Waals surface area contributed by atoms with Crippen molar-refractivity contribution in [3.05, 3.63) is 76.2 Å². The van der Waals surface area contributed by atoms with Crippen LogP contribution < -0.4 is 20.7 Å². The quantitative estimate of drug-likeness (QED) is 0.650. The summed E-state index contributed by atoms with van der Waals surface area (Å²) in [5.41, 5.74) is 0.639. The summed E-state index contributed by atoms with van der Waals surface area (Å²) < 4.78 is 19.7. The number of anilines is 2.